The van der Waals surface area contributed by atoms with Crippen molar-refractivity contribution in [1.29, 1.82) is 0 Å². The number of oxazole rings is 1. The van der Waals surface area contributed by atoms with E-state index in [1.54, 1.807) is 0 Å². The Morgan fingerprint density at radius 1 is 0.444 bits per heavy atom. The number of hydrogen-bond acceptors (Lipinski definition) is 5. The van der Waals surface area contributed by atoms with Crippen LogP contribution in [0.5, 0.6) is 0 Å². The fraction of sp³-hybridized carbons (Fsp3) is 0. The molecule has 8 aromatic carbocycles. The van der Waals surface area contributed by atoms with E-state index in [1.165, 1.54) is 31.3 Å². The molecule has 0 spiro atoms. The van der Waals surface area contributed by atoms with E-state index in [4.69, 9.17) is 13.8 Å². The van der Waals surface area contributed by atoms with Crippen molar-refractivity contribution in [2.75, 3.05) is 4.90 Å². The maximum Gasteiger partial charge on any atom is 0.228 e. The van der Waals surface area contributed by atoms with E-state index in [1.807, 2.05) is 47.7 Å². The van der Waals surface area contributed by atoms with Crippen LogP contribution in [0.15, 0.2) is 191 Å². The predicted molar refractivity (Wildman–Crippen MR) is 225 cm³/mol. The Labute approximate surface area is 314 Å². The summed E-state index contributed by atoms with van der Waals surface area (Å²) in [6, 6.07) is 64.0. The van der Waals surface area contributed by atoms with Gasteiger partial charge in [0.25, 0.3) is 0 Å². The Morgan fingerprint density at radius 3 is 2.02 bits per heavy atom. The molecular weight excluding hydrogens is 681 g/mol. The molecule has 3 aromatic heterocycles. The van der Waals surface area contributed by atoms with Gasteiger partial charge in [0.05, 0.1) is 5.69 Å². The standard InChI is InChI=1S/C49H30N2O2S/c1-2-12-31(13-3-1)32-14-8-15-33(28-32)34-16-9-17-35(29-34)51(36-26-27-46-40(30-36)37-18-4-7-25-45(37)54-46)42-22-10-19-38-47-39(20-11-24-44(47)52-48(38)42)49-50-41-21-5-6-23-43(41)53-49/h1-30H. The third-order valence-corrected chi connectivity index (χ3v) is 11.4. The van der Waals surface area contributed by atoms with Gasteiger partial charge in [0.15, 0.2) is 11.2 Å². The van der Waals surface area contributed by atoms with E-state index in [2.05, 4.69) is 150 Å². The summed E-state index contributed by atoms with van der Waals surface area (Å²) in [5.41, 5.74) is 11.8. The van der Waals surface area contributed by atoms with Crippen molar-refractivity contribution < 1.29 is 8.83 Å². The van der Waals surface area contributed by atoms with Gasteiger partial charge in [-0.05, 0) is 95.1 Å². The SMILES string of the molecule is c1ccc(-c2cccc(-c3cccc(N(c4ccc5sc6ccccc6c5c4)c4cccc5c4oc4cccc(-c6nc7ccccc7o6)c45)c3)c2)cc1. The molecule has 0 aliphatic rings. The van der Waals surface area contributed by atoms with E-state index < -0.39 is 0 Å². The van der Waals surface area contributed by atoms with Crippen LogP contribution in [0.4, 0.5) is 17.1 Å². The summed E-state index contributed by atoms with van der Waals surface area (Å²) >= 11 is 1.83. The number of nitrogens with zero attached hydrogens (tertiary/aromatic N) is 2. The Hall–Kier alpha value is -6.95. The average molecular weight is 711 g/mol. The van der Waals surface area contributed by atoms with Gasteiger partial charge in [0.2, 0.25) is 5.89 Å². The number of para-hydroxylation sites is 3. The summed E-state index contributed by atoms with van der Waals surface area (Å²) in [6.07, 6.45) is 0. The highest BCUT2D eigenvalue weighted by Crippen LogP contribution is 2.46. The van der Waals surface area contributed by atoms with Gasteiger partial charge < -0.3 is 13.7 Å². The van der Waals surface area contributed by atoms with Crippen molar-refractivity contribution in [2.24, 2.45) is 0 Å². The van der Waals surface area contributed by atoms with E-state index in [9.17, 15) is 0 Å². The van der Waals surface area contributed by atoms with Crippen molar-refractivity contribution in [2.45, 2.75) is 0 Å². The number of benzene rings is 8. The molecule has 0 unspecified atom stereocenters. The fourth-order valence-electron chi connectivity index (χ4n) is 7.79. The van der Waals surface area contributed by atoms with Crippen LogP contribution < -0.4 is 4.90 Å². The van der Waals surface area contributed by atoms with Gasteiger partial charge in [-0.3, -0.25) is 0 Å². The summed E-state index contributed by atoms with van der Waals surface area (Å²) in [5.74, 6) is 0.576. The molecule has 5 heteroatoms. The zero-order chi connectivity index (χ0) is 35.6. The first-order chi connectivity index (χ1) is 26.7. The van der Waals surface area contributed by atoms with Crippen LogP contribution in [0.25, 0.3) is 86.9 Å². The molecule has 0 saturated heterocycles. The highest BCUT2D eigenvalue weighted by molar-refractivity contribution is 7.25. The van der Waals surface area contributed by atoms with Gasteiger partial charge in [-0.2, -0.15) is 0 Å². The smallest absolute Gasteiger partial charge is 0.228 e. The van der Waals surface area contributed by atoms with Crippen molar-refractivity contribution in [3.8, 4) is 33.7 Å². The number of rotatable bonds is 6. The minimum Gasteiger partial charge on any atom is -0.454 e. The first-order valence-corrected chi connectivity index (χ1v) is 18.8. The Balaban J connectivity index is 1.13. The van der Waals surface area contributed by atoms with E-state index in [0.717, 1.165) is 66.8 Å². The highest BCUT2D eigenvalue weighted by Gasteiger charge is 2.23. The molecule has 0 radical (unpaired) electrons. The number of hydrogen-bond donors (Lipinski definition) is 0. The minimum absolute atomic E-state index is 0.576. The first-order valence-electron chi connectivity index (χ1n) is 18.0. The largest absolute Gasteiger partial charge is 0.454 e. The van der Waals surface area contributed by atoms with Crippen molar-refractivity contribution in [3.05, 3.63) is 182 Å². The van der Waals surface area contributed by atoms with Crippen molar-refractivity contribution in [3.63, 3.8) is 0 Å². The predicted octanol–water partition coefficient (Wildman–Crippen LogP) is 14.6. The molecule has 0 saturated carbocycles. The maximum absolute atomic E-state index is 6.86. The monoisotopic (exact) mass is 710 g/mol. The third kappa shape index (κ3) is 5.01. The normalized spacial score (nSPS) is 11.7. The molecule has 4 nitrogen and oxygen atoms in total. The second kappa shape index (κ2) is 12.3. The lowest BCUT2D eigenvalue weighted by Crippen LogP contribution is -2.10. The molecule has 54 heavy (non-hydrogen) atoms. The molecule has 0 aliphatic carbocycles. The van der Waals surface area contributed by atoms with Crippen molar-refractivity contribution in [1.82, 2.24) is 4.98 Å². The second-order valence-electron chi connectivity index (χ2n) is 13.5. The van der Waals surface area contributed by atoms with Crippen LogP contribution in [-0.2, 0) is 0 Å². The molecule has 0 amide bonds. The maximum atomic E-state index is 6.86. The Bertz CT molecular complexity index is 3160. The van der Waals surface area contributed by atoms with Gasteiger partial charge in [-0.1, -0.05) is 109 Å². The lowest BCUT2D eigenvalue weighted by Gasteiger charge is -2.26. The molecule has 0 fully saturated rings. The molecule has 0 N–H and O–H groups in total. The average Bonchev–Trinajstić information content (AvgIpc) is 3.95. The van der Waals surface area contributed by atoms with Gasteiger partial charge in [0.1, 0.15) is 11.1 Å². The van der Waals surface area contributed by atoms with E-state index >= 15 is 0 Å². The van der Waals surface area contributed by atoms with Crippen LogP contribution in [-0.4, -0.2) is 4.98 Å². The molecular formula is C49H30N2O2S. The van der Waals surface area contributed by atoms with Crippen LogP contribution in [0.2, 0.25) is 0 Å². The molecule has 11 aromatic rings. The molecule has 0 bridgehead atoms. The zero-order valence-electron chi connectivity index (χ0n) is 28.9. The Kier molecular flexibility index (Phi) is 7.00. The van der Waals surface area contributed by atoms with Gasteiger partial charge in [-0.15, -0.1) is 11.3 Å². The number of anilines is 3. The Morgan fingerprint density at radius 2 is 1.11 bits per heavy atom. The lowest BCUT2D eigenvalue weighted by atomic mass is 9.98. The molecule has 0 aliphatic heterocycles. The zero-order valence-corrected chi connectivity index (χ0v) is 29.8. The lowest BCUT2D eigenvalue weighted by molar-refractivity contribution is 0.620. The van der Waals surface area contributed by atoms with Crippen LogP contribution in [0.3, 0.4) is 0 Å². The summed E-state index contributed by atoms with van der Waals surface area (Å²) in [5, 5.41) is 4.47. The van der Waals surface area contributed by atoms with Gasteiger partial charge in [0, 0.05) is 47.9 Å². The second-order valence-corrected chi connectivity index (χ2v) is 14.6. The fourth-order valence-corrected chi connectivity index (χ4v) is 8.87. The third-order valence-electron chi connectivity index (χ3n) is 10.3. The molecule has 11 rings (SSSR count). The number of fused-ring (bicyclic) bond motifs is 7. The summed E-state index contributed by atoms with van der Waals surface area (Å²) < 4.78 is 15.7. The van der Waals surface area contributed by atoms with Gasteiger partial charge >= 0.3 is 0 Å². The van der Waals surface area contributed by atoms with Crippen LogP contribution in [0, 0.1) is 0 Å². The van der Waals surface area contributed by atoms with Crippen molar-refractivity contribution >= 4 is 81.6 Å². The topological polar surface area (TPSA) is 42.4 Å². The molecule has 0 atom stereocenters. The van der Waals surface area contributed by atoms with Crippen LogP contribution in [0.1, 0.15) is 0 Å². The summed E-state index contributed by atoms with van der Waals surface area (Å²) in [7, 11) is 0. The quantitative estimate of drug-likeness (QED) is 0.172. The van der Waals surface area contributed by atoms with E-state index in [-0.39, 0.29) is 0 Å². The highest BCUT2D eigenvalue weighted by atomic mass is 32.1. The minimum atomic E-state index is 0.576. The molecule has 254 valence electrons. The number of furan rings is 1. The summed E-state index contributed by atoms with van der Waals surface area (Å²) in [4.78, 5) is 7.20. The molecule has 3 heterocycles. The number of thiophene rings is 1. The van der Waals surface area contributed by atoms with Gasteiger partial charge in [-0.25, -0.2) is 4.98 Å². The van der Waals surface area contributed by atoms with Crippen LogP contribution >= 0.6 is 11.3 Å². The van der Waals surface area contributed by atoms with E-state index in [0.29, 0.717) is 5.89 Å². The number of aromatic nitrogens is 1. The summed E-state index contributed by atoms with van der Waals surface area (Å²) in [6.45, 7) is 0. The first kappa shape index (κ1) is 30.7.